The van der Waals surface area contributed by atoms with Crippen molar-refractivity contribution in [2.24, 2.45) is 10.9 Å². The van der Waals surface area contributed by atoms with E-state index in [9.17, 15) is 9.59 Å². The SMILES string of the molecule is COc1ccc(-c2cc(CNC(=O)CC3CSC4=NC5CCCCC5C(=O)N43)no2)cc1. The van der Waals surface area contributed by atoms with Crippen molar-refractivity contribution >= 4 is 28.7 Å². The van der Waals surface area contributed by atoms with E-state index in [4.69, 9.17) is 14.3 Å². The molecule has 2 amide bonds. The first-order valence-electron chi connectivity index (χ1n) is 11.0. The molecule has 1 N–H and O–H groups in total. The summed E-state index contributed by atoms with van der Waals surface area (Å²) in [4.78, 5) is 32.3. The van der Waals surface area contributed by atoms with Gasteiger partial charge in [0.2, 0.25) is 11.8 Å². The van der Waals surface area contributed by atoms with Crippen molar-refractivity contribution in [1.29, 1.82) is 0 Å². The van der Waals surface area contributed by atoms with Crippen LogP contribution in [0, 0.1) is 5.92 Å². The van der Waals surface area contributed by atoms with E-state index < -0.39 is 0 Å². The molecular weight excluding hydrogens is 428 g/mol. The molecule has 8 nitrogen and oxygen atoms in total. The molecule has 3 aliphatic rings. The van der Waals surface area contributed by atoms with Crippen LogP contribution >= 0.6 is 11.8 Å². The normalized spacial score (nSPS) is 24.5. The minimum atomic E-state index is -0.138. The monoisotopic (exact) mass is 454 g/mol. The second-order valence-corrected chi connectivity index (χ2v) is 9.42. The number of nitrogens with zero attached hydrogens (tertiary/aromatic N) is 3. The van der Waals surface area contributed by atoms with Crippen LogP contribution in [-0.2, 0) is 16.1 Å². The van der Waals surface area contributed by atoms with E-state index in [1.165, 1.54) is 0 Å². The van der Waals surface area contributed by atoms with E-state index in [1.807, 2.05) is 30.3 Å². The predicted octanol–water partition coefficient (Wildman–Crippen LogP) is 3.23. The van der Waals surface area contributed by atoms with Crippen molar-refractivity contribution in [3.05, 3.63) is 36.0 Å². The minimum absolute atomic E-state index is 0.0109. The van der Waals surface area contributed by atoms with E-state index in [2.05, 4.69) is 10.5 Å². The molecule has 2 fully saturated rings. The minimum Gasteiger partial charge on any atom is -0.497 e. The number of methoxy groups -OCH3 is 1. The number of thioether (sulfide) groups is 1. The predicted molar refractivity (Wildman–Crippen MR) is 121 cm³/mol. The summed E-state index contributed by atoms with van der Waals surface area (Å²) in [6.07, 6.45) is 4.39. The summed E-state index contributed by atoms with van der Waals surface area (Å²) in [7, 11) is 1.62. The topological polar surface area (TPSA) is 97.0 Å². The first-order valence-corrected chi connectivity index (χ1v) is 12.0. The third-order valence-corrected chi connectivity index (χ3v) is 7.47. The molecule has 2 aromatic rings. The summed E-state index contributed by atoms with van der Waals surface area (Å²) < 4.78 is 10.6. The van der Waals surface area contributed by atoms with Crippen LogP contribution in [0.4, 0.5) is 0 Å². The van der Waals surface area contributed by atoms with E-state index in [0.29, 0.717) is 17.2 Å². The number of hydrogen-bond donors (Lipinski definition) is 1. The van der Waals surface area contributed by atoms with E-state index >= 15 is 0 Å². The van der Waals surface area contributed by atoms with Gasteiger partial charge in [0.05, 0.1) is 31.7 Å². The van der Waals surface area contributed by atoms with Gasteiger partial charge < -0.3 is 14.6 Å². The number of rotatable bonds is 6. The first kappa shape index (κ1) is 21.1. The molecule has 0 radical (unpaired) electrons. The van der Waals surface area contributed by atoms with Gasteiger partial charge in [-0.2, -0.15) is 0 Å². The molecule has 9 heteroatoms. The van der Waals surface area contributed by atoms with Crippen LogP contribution in [0.3, 0.4) is 0 Å². The number of ether oxygens (including phenoxy) is 1. The molecule has 5 rings (SSSR count). The summed E-state index contributed by atoms with van der Waals surface area (Å²) in [5.41, 5.74) is 1.53. The van der Waals surface area contributed by atoms with Gasteiger partial charge in [-0.1, -0.05) is 29.8 Å². The maximum absolute atomic E-state index is 13.1. The van der Waals surface area contributed by atoms with Crippen LogP contribution < -0.4 is 10.1 Å². The van der Waals surface area contributed by atoms with Gasteiger partial charge in [0, 0.05) is 23.8 Å². The highest BCUT2D eigenvalue weighted by Gasteiger charge is 2.45. The number of fused-ring (bicyclic) bond motifs is 2. The Labute approximate surface area is 190 Å². The van der Waals surface area contributed by atoms with Gasteiger partial charge in [0.15, 0.2) is 10.9 Å². The average molecular weight is 455 g/mol. The third-order valence-electron chi connectivity index (χ3n) is 6.36. The fourth-order valence-electron chi connectivity index (χ4n) is 4.63. The second kappa shape index (κ2) is 8.97. The quantitative estimate of drug-likeness (QED) is 0.720. The Morgan fingerprint density at radius 3 is 2.91 bits per heavy atom. The van der Waals surface area contributed by atoms with Crippen molar-refractivity contribution in [2.75, 3.05) is 12.9 Å². The molecule has 1 aromatic heterocycles. The average Bonchev–Trinajstić information content (AvgIpc) is 3.45. The summed E-state index contributed by atoms with van der Waals surface area (Å²) >= 11 is 1.59. The van der Waals surface area contributed by atoms with E-state index in [1.54, 1.807) is 23.8 Å². The van der Waals surface area contributed by atoms with Gasteiger partial charge in [0.25, 0.3) is 0 Å². The summed E-state index contributed by atoms with van der Waals surface area (Å²) in [6.45, 7) is 0.276. The fraction of sp³-hybridized carbons (Fsp3) is 0.478. The maximum Gasteiger partial charge on any atom is 0.234 e. The number of carbonyl (C=O) groups excluding carboxylic acids is 2. The molecule has 32 heavy (non-hydrogen) atoms. The van der Waals surface area contributed by atoms with Gasteiger partial charge in [0.1, 0.15) is 11.4 Å². The fourth-order valence-corrected chi connectivity index (χ4v) is 5.83. The molecule has 0 bridgehead atoms. The van der Waals surface area contributed by atoms with Crippen molar-refractivity contribution < 1.29 is 18.8 Å². The molecule has 0 spiro atoms. The number of nitrogens with one attached hydrogen (secondary N) is 1. The zero-order valence-corrected chi connectivity index (χ0v) is 18.8. The van der Waals surface area contributed by atoms with Crippen LogP contribution in [0.25, 0.3) is 11.3 Å². The number of amidine groups is 1. The Kier molecular flexibility index (Phi) is 5.91. The van der Waals surface area contributed by atoms with Gasteiger partial charge in [-0.25, -0.2) is 0 Å². The van der Waals surface area contributed by atoms with E-state index in [-0.39, 0.29) is 42.8 Å². The second-order valence-electron chi connectivity index (χ2n) is 8.43. The standard InChI is InChI=1S/C23H26N4O4S/c1-30-17-8-6-14(7-9-17)20-10-15(26-31-20)12-24-21(28)11-16-13-32-23-25-19-5-3-2-4-18(19)22(29)27(16)23/h6-10,16,18-19H,2-5,11-13H2,1H3,(H,24,28). The van der Waals surface area contributed by atoms with Gasteiger partial charge in [-0.15, -0.1) is 0 Å². The molecule has 3 atom stereocenters. The van der Waals surface area contributed by atoms with Crippen LogP contribution in [0.15, 0.2) is 39.8 Å². The molecular formula is C23H26N4O4S. The molecule has 1 aromatic carbocycles. The number of carbonyl (C=O) groups is 2. The first-order chi connectivity index (χ1) is 15.6. The summed E-state index contributed by atoms with van der Waals surface area (Å²) in [5.74, 6) is 2.15. The van der Waals surface area contributed by atoms with Gasteiger partial charge in [-0.3, -0.25) is 19.5 Å². The van der Waals surface area contributed by atoms with Crippen LogP contribution in [0.2, 0.25) is 0 Å². The number of benzene rings is 1. The Morgan fingerprint density at radius 2 is 2.09 bits per heavy atom. The lowest BCUT2D eigenvalue weighted by atomic mass is 9.83. The molecule has 1 aliphatic carbocycles. The largest absolute Gasteiger partial charge is 0.497 e. The van der Waals surface area contributed by atoms with Crippen molar-refractivity contribution in [2.45, 2.75) is 50.7 Å². The van der Waals surface area contributed by atoms with Gasteiger partial charge in [-0.05, 0) is 37.1 Å². The van der Waals surface area contributed by atoms with Crippen LogP contribution in [-0.4, -0.2) is 52.0 Å². The number of aliphatic imine (C=N–C) groups is 1. The van der Waals surface area contributed by atoms with Crippen LogP contribution in [0.5, 0.6) is 5.75 Å². The van der Waals surface area contributed by atoms with Gasteiger partial charge >= 0.3 is 0 Å². The molecule has 168 valence electrons. The third kappa shape index (κ3) is 4.13. The Hall–Kier alpha value is -2.81. The lowest BCUT2D eigenvalue weighted by Gasteiger charge is -2.37. The zero-order valence-electron chi connectivity index (χ0n) is 18.0. The Morgan fingerprint density at radius 1 is 1.28 bits per heavy atom. The zero-order chi connectivity index (χ0) is 22.1. The maximum atomic E-state index is 13.1. The highest BCUT2D eigenvalue weighted by Crippen LogP contribution is 2.38. The molecule has 3 heterocycles. The number of amides is 2. The number of aromatic nitrogens is 1. The van der Waals surface area contributed by atoms with Crippen molar-refractivity contribution in [3.8, 4) is 17.1 Å². The van der Waals surface area contributed by atoms with Crippen molar-refractivity contribution in [3.63, 3.8) is 0 Å². The molecule has 1 saturated carbocycles. The van der Waals surface area contributed by atoms with Crippen LogP contribution in [0.1, 0.15) is 37.8 Å². The smallest absolute Gasteiger partial charge is 0.234 e. The highest BCUT2D eigenvalue weighted by molar-refractivity contribution is 8.14. The highest BCUT2D eigenvalue weighted by atomic mass is 32.2. The lowest BCUT2D eigenvalue weighted by molar-refractivity contribution is -0.135. The molecule has 2 aliphatic heterocycles. The number of hydrogen-bond acceptors (Lipinski definition) is 7. The Bertz CT molecular complexity index is 1030. The Balaban J connectivity index is 1.17. The molecule has 1 saturated heterocycles. The van der Waals surface area contributed by atoms with Crippen molar-refractivity contribution in [1.82, 2.24) is 15.4 Å². The summed E-state index contributed by atoms with van der Waals surface area (Å²) in [5, 5.41) is 7.76. The molecule has 3 unspecified atom stereocenters. The lowest BCUT2D eigenvalue weighted by Crippen LogP contribution is -2.51. The van der Waals surface area contributed by atoms with E-state index in [0.717, 1.165) is 42.2 Å². The summed E-state index contributed by atoms with van der Waals surface area (Å²) in [6, 6.07) is 9.31.